The molecule has 0 amide bonds. The molecule has 0 atom stereocenters. The minimum atomic E-state index is 0.664. The number of nitrogens with zero attached hydrogens (tertiary/aromatic N) is 3. The van der Waals surface area contributed by atoms with E-state index in [1.807, 2.05) is 6.92 Å². The molecule has 0 saturated carbocycles. The molecule has 0 radical (unpaired) electrons. The lowest BCUT2D eigenvalue weighted by Crippen LogP contribution is -1.99. The summed E-state index contributed by atoms with van der Waals surface area (Å²) in [7, 11) is 0. The van der Waals surface area contributed by atoms with Crippen molar-refractivity contribution in [1.29, 1.82) is 0 Å². The van der Waals surface area contributed by atoms with E-state index in [1.165, 1.54) is 0 Å². The van der Waals surface area contributed by atoms with Crippen molar-refractivity contribution < 1.29 is 0 Å². The largest absolute Gasteiger partial charge is 0.394 e. The summed E-state index contributed by atoms with van der Waals surface area (Å²) in [5.74, 6) is 0.803. The lowest BCUT2D eigenvalue weighted by molar-refractivity contribution is 0.751. The lowest BCUT2D eigenvalue weighted by Gasteiger charge is -1.89. The number of fused-ring (bicyclic) bond motifs is 1. The molecule has 2 rings (SSSR count). The van der Waals surface area contributed by atoms with Crippen LogP contribution in [0.2, 0.25) is 0 Å². The molecule has 4 nitrogen and oxygen atoms in total. The summed E-state index contributed by atoms with van der Waals surface area (Å²) in [4.78, 5) is 4.20. The molecule has 0 bridgehead atoms. The fourth-order valence-electron chi connectivity index (χ4n) is 1.06. The number of rotatable bonds is 0. The molecule has 0 aromatic carbocycles. The second kappa shape index (κ2) is 1.59. The van der Waals surface area contributed by atoms with E-state index < -0.39 is 0 Å². The summed E-state index contributed by atoms with van der Waals surface area (Å²) in [5, 5.41) is 4.02. The predicted octanol–water partition coefficient (Wildman–Crippen LogP) is 0.571. The lowest BCUT2D eigenvalue weighted by atomic mass is 10.4. The third-order valence-electron chi connectivity index (χ3n) is 1.51. The highest BCUT2D eigenvalue weighted by atomic mass is 15.3. The van der Waals surface area contributed by atoms with Gasteiger partial charge in [0, 0.05) is 5.71 Å². The molecule has 1 aliphatic rings. The van der Waals surface area contributed by atoms with Crippen molar-refractivity contribution in [2.45, 2.75) is 13.5 Å². The first-order chi connectivity index (χ1) is 4.77. The van der Waals surface area contributed by atoms with Crippen molar-refractivity contribution in [3.8, 4) is 0 Å². The molecule has 1 aromatic rings. The van der Waals surface area contributed by atoms with Gasteiger partial charge in [0.05, 0.1) is 18.4 Å². The van der Waals surface area contributed by atoms with E-state index in [0.717, 1.165) is 18.1 Å². The topological polar surface area (TPSA) is 56.2 Å². The molecule has 1 aromatic heterocycles. The maximum absolute atomic E-state index is 5.56. The number of aliphatic imine (C=N–C) groups is 1. The Labute approximate surface area is 58.4 Å². The van der Waals surface area contributed by atoms with Crippen molar-refractivity contribution in [3.05, 3.63) is 6.20 Å². The van der Waals surface area contributed by atoms with Gasteiger partial charge in [0.1, 0.15) is 0 Å². The number of nitrogen functional groups attached to an aromatic ring is 1. The first kappa shape index (κ1) is 5.46. The summed E-state index contributed by atoms with van der Waals surface area (Å²) in [6, 6.07) is 0. The van der Waals surface area contributed by atoms with Crippen LogP contribution in [-0.2, 0) is 6.54 Å². The molecule has 0 unspecified atom stereocenters. The van der Waals surface area contributed by atoms with E-state index in [-0.39, 0.29) is 0 Å². The zero-order valence-corrected chi connectivity index (χ0v) is 5.70. The molecule has 4 heteroatoms. The Balaban J connectivity index is 2.59. The van der Waals surface area contributed by atoms with Gasteiger partial charge in [0.25, 0.3) is 0 Å². The van der Waals surface area contributed by atoms with Gasteiger partial charge in [-0.05, 0) is 6.92 Å². The number of aromatic nitrogens is 2. The third kappa shape index (κ3) is 0.556. The monoisotopic (exact) mass is 136 g/mol. The smallest absolute Gasteiger partial charge is 0.174 e. The van der Waals surface area contributed by atoms with Gasteiger partial charge in [0.2, 0.25) is 0 Å². The van der Waals surface area contributed by atoms with Gasteiger partial charge in [-0.2, -0.15) is 5.10 Å². The first-order valence-corrected chi connectivity index (χ1v) is 3.13. The van der Waals surface area contributed by atoms with Gasteiger partial charge in [-0.1, -0.05) is 0 Å². The van der Waals surface area contributed by atoms with Crippen LogP contribution in [0.5, 0.6) is 0 Å². The summed E-state index contributed by atoms with van der Waals surface area (Å²) in [5.41, 5.74) is 7.29. The Morgan fingerprint density at radius 3 is 3.20 bits per heavy atom. The third-order valence-corrected chi connectivity index (χ3v) is 1.51. The summed E-state index contributed by atoms with van der Waals surface area (Å²) in [6.07, 6.45) is 1.63. The molecular weight excluding hydrogens is 128 g/mol. The average molecular weight is 136 g/mol. The fourth-order valence-corrected chi connectivity index (χ4v) is 1.06. The van der Waals surface area contributed by atoms with E-state index in [9.17, 15) is 0 Å². The first-order valence-electron chi connectivity index (χ1n) is 3.13. The van der Waals surface area contributed by atoms with Gasteiger partial charge < -0.3 is 5.73 Å². The Bertz CT molecular complexity index is 297. The highest BCUT2D eigenvalue weighted by Gasteiger charge is 2.13. The predicted molar refractivity (Wildman–Crippen MR) is 39.4 cm³/mol. The van der Waals surface area contributed by atoms with Gasteiger partial charge in [0.15, 0.2) is 5.82 Å². The van der Waals surface area contributed by atoms with Gasteiger partial charge >= 0.3 is 0 Å². The van der Waals surface area contributed by atoms with E-state index in [2.05, 4.69) is 10.1 Å². The maximum atomic E-state index is 5.56. The molecule has 0 aliphatic carbocycles. The van der Waals surface area contributed by atoms with Crippen molar-refractivity contribution in [1.82, 2.24) is 9.78 Å². The molecule has 0 fully saturated rings. The van der Waals surface area contributed by atoms with Crippen LogP contribution in [0.3, 0.4) is 0 Å². The van der Waals surface area contributed by atoms with E-state index in [0.29, 0.717) is 5.69 Å². The maximum Gasteiger partial charge on any atom is 0.174 e. The molecule has 2 heterocycles. The molecule has 52 valence electrons. The number of hydrogen-bond acceptors (Lipinski definition) is 3. The summed E-state index contributed by atoms with van der Waals surface area (Å²) < 4.78 is 1.80. The fraction of sp³-hybridized carbons (Fsp3) is 0.333. The molecule has 10 heavy (non-hydrogen) atoms. The molecule has 0 spiro atoms. The minimum absolute atomic E-state index is 0.664. The van der Waals surface area contributed by atoms with Crippen LogP contribution in [0.1, 0.15) is 6.92 Å². The standard InChI is InChI=1S/C6H8N4/c1-4-3-10-6(9-4)5(7)2-8-10/h2H,3,7H2,1H3. The number of nitrogens with two attached hydrogens (primary N) is 1. The molecule has 1 aliphatic heterocycles. The van der Waals surface area contributed by atoms with Crippen LogP contribution in [0.25, 0.3) is 0 Å². The quantitative estimate of drug-likeness (QED) is 0.567. The van der Waals surface area contributed by atoms with Gasteiger partial charge in [-0.25, -0.2) is 9.67 Å². The van der Waals surface area contributed by atoms with E-state index in [1.54, 1.807) is 10.9 Å². The van der Waals surface area contributed by atoms with Crippen molar-refractivity contribution in [2.24, 2.45) is 4.99 Å². The van der Waals surface area contributed by atoms with Crippen LogP contribution >= 0.6 is 0 Å². The highest BCUT2D eigenvalue weighted by Crippen LogP contribution is 2.25. The average Bonchev–Trinajstić information content (AvgIpc) is 2.35. The van der Waals surface area contributed by atoms with E-state index in [4.69, 9.17) is 5.73 Å². The summed E-state index contributed by atoms with van der Waals surface area (Å²) in [6.45, 7) is 2.75. The van der Waals surface area contributed by atoms with Crippen molar-refractivity contribution >= 4 is 17.2 Å². The van der Waals surface area contributed by atoms with Crippen molar-refractivity contribution in [3.63, 3.8) is 0 Å². The van der Waals surface area contributed by atoms with Crippen LogP contribution in [-0.4, -0.2) is 15.5 Å². The summed E-state index contributed by atoms with van der Waals surface area (Å²) >= 11 is 0. The molecule has 2 N–H and O–H groups in total. The van der Waals surface area contributed by atoms with Gasteiger partial charge in [-0.3, -0.25) is 0 Å². The zero-order valence-electron chi connectivity index (χ0n) is 5.70. The Kier molecular flexibility index (Phi) is 0.869. The highest BCUT2D eigenvalue weighted by molar-refractivity contribution is 5.88. The van der Waals surface area contributed by atoms with Gasteiger partial charge in [-0.15, -0.1) is 0 Å². The molecule has 0 saturated heterocycles. The second-order valence-electron chi connectivity index (χ2n) is 2.43. The second-order valence-corrected chi connectivity index (χ2v) is 2.43. The van der Waals surface area contributed by atoms with Crippen LogP contribution in [0.4, 0.5) is 11.5 Å². The van der Waals surface area contributed by atoms with Crippen LogP contribution in [0.15, 0.2) is 11.2 Å². The van der Waals surface area contributed by atoms with Crippen LogP contribution < -0.4 is 5.73 Å². The number of hydrogen-bond donors (Lipinski definition) is 1. The zero-order chi connectivity index (χ0) is 7.14. The Morgan fingerprint density at radius 1 is 1.70 bits per heavy atom. The normalized spacial score (nSPS) is 15.1. The van der Waals surface area contributed by atoms with E-state index >= 15 is 0 Å². The molecular formula is C6H8N4. The Morgan fingerprint density at radius 2 is 2.50 bits per heavy atom. The van der Waals surface area contributed by atoms with Crippen LogP contribution in [0, 0.1) is 0 Å². The number of anilines is 1. The van der Waals surface area contributed by atoms with Crippen molar-refractivity contribution in [2.75, 3.05) is 5.73 Å². The minimum Gasteiger partial charge on any atom is -0.394 e. The Hall–Kier alpha value is -1.32. The SMILES string of the molecule is CC1=Nc2c(N)cnn2C1.